The van der Waals surface area contributed by atoms with E-state index in [9.17, 15) is 13.2 Å². The Morgan fingerprint density at radius 3 is 2.27 bits per heavy atom. The molecule has 0 N–H and O–H groups in total. The van der Waals surface area contributed by atoms with Crippen molar-refractivity contribution in [3.8, 4) is 0 Å². The van der Waals surface area contributed by atoms with Crippen molar-refractivity contribution in [3.63, 3.8) is 0 Å². The van der Waals surface area contributed by atoms with E-state index in [1.54, 1.807) is 6.26 Å². The molecule has 0 fully saturated rings. The summed E-state index contributed by atoms with van der Waals surface area (Å²) in [5.74, 6) is 0.433. The molecule has 4 heteroatoms. The molecule has 0 saturated heterocycles. The molecule has 66 valence electrons. The third kappa shape index (κ3) is 4.35. The Labute approximate surface area is 68.9 Å². The summed E-state index contributed by atoms with van der Waals surface area (Å²) in [6.07, 6.45) is -1.06. The Morgan fingerprint density at radius 1 is 1.45 bits per heavy atom. The molecule has 0 nitrogen and oxygen atoms in total. The molecule has 11 heavy (non-hydrogen) atoms. The van der Waals surface area contributed by atoms with Gasteiger partial charge in [0.25, 0.3) is 0 Å². The molecule has 0 aromatic heterocycles. The van der Waals surface area contributed by atoms with Crippen LogP contribution in [0.5, 0.6) is 0 Å². The predicted octanol–water partition coefficient (Wildman–Crippen LogP) is 3.25. The molecule has 0 unspecified atom stereocenters. The van der Waals surface area contributed by atoms with Gasteiger partial charge in [-0.1, -0.05) is 13.0 Å². The van der Waals surface area contributed by atoms with Crippen LogP contribution < -0.4 is 0 Å². The summed E-state index contributed by atoms with van der Waals surface area (Å²) >= 11 is 1.39. The molecule has 0 aromatic rings. The normalized spacial score (nSPS) is 13.7. The average molecular weight is 184 g/mol. The van der Waals surface area contributed by atoms with Crippen LogP contribution in [0, 0.1) is 0 Å². The van der Waals surface area contributed by atoms with Crippen LogP contribution in [0.2, 0.25) is 0 Å². The van der Waals surface area contributed by atoms with Crippen LogP contribution in [0.4, 0.5) is 13.2 Å². The first-order valence-corrected chi connectivity index (χ1v) is 4.67. The maximum Gasteiger partial charge on any atom is 0.412 e. The van der Waals surface area contributed by atoms with Gasteiger partial charge in [0.1, 0.15) is 0 Å². The Balaban J connectivity index is 4.16. The summed E-state index contributed by atoms with van der Waals surface area (Å²) in [5.41, 5.74) is -0.424. The Bertz CT molecular complexity index is 137. The van der Waals surface area contributed by atoms with E-state index in [4.69, 9.17) is 0 Å². The zero-order valence-corrected chi connectivity index (χ0v) is 7.35. The monoisotopic (exact) mass is 184 g/mol. The molecular weight excluding hydrogens is 173 g/mol. The zero-order chi connectivity index (χ0) is 8.91. The minimum Gasteiger partial charge on any atom is -0.166 e. The molecule has 0 atom stereocenters. The van der Waals surface area contributed by atoms with Crippen molar-refractivity contribution in [3.05, 3.63) is 11.6 Å². The third-order valence-electron chi connectivity index (χ3n) is 1.24. The van der Waals surface area contributed by atoms with Crippen molar-refractivity contribution < 1.29 is 13.2 Å². The zero-order valence-electron chi connectivity index (χ0n) is 6.53. The first-order valence-electron chi connectivity index (χ1n) is 3.27. The lowest BCUT2D eigenvalue weighted by atomic mass is 10.2. The van der Waals surface area contributed by atoms with Crippen molar-refractivity contribution in [2.24, 2.45) is 0 Å². The van der Waals surface area contributed by atoms with Gasteiger partial charge in [0, 0.05) is 11.3 Å². The van der Waals surface area contributed by atoms with E-state index in [1.165, 1.54) is 24.8 Å². The topological polar surface area (TPSA) is 0 Å². The quantitative estimate of drug-likeness (QED) is 0.607. The third-order valence-corrected chi connectivity index (χ3v) is 1.74. The van der Waals surface area contributed by atoms with Crippen LogP contribution in [-0.4, -0.2) is 18.2 Å². The summed E-state index contributed by atoms with van der Waals surface area (Å²) < 4.78 is 35.9. The fraction of sp³-hybridized carbons (Fsp3) is 0.714. The molecule has 0 aliphatic carbocycles. The van der Waals surface area contributed by atoms with E-state index in [1.807, 2.05) is 0 Å². The van der Waals surface area contributed by atoms with Gasteiger partial charge in [-0.2, -0.15) is 24.9 Å². The van der Waals surface area contributed by atoms with Gasteiger partial charge >= 0.3 is 6.18 Å². The summed E-state index contributed by atoms with van der Waals surface area (Å²) in [4.78, 5) is 0. The molecular formula is C7H11F3S. The molecule has 0 saturated carbocycles. The van der Waals surface area contributed by atoms with Crippen LogP contribution >= 0.6 is 11.8 Å². The number of alkyl halides is 3. The Morgan fingerprint density at radius 2 is 2.00 bits per heavy atom. The second-order valence-corrected chi connectivity index (χ2v) is 2.95. The maximum absolute atomic E-state index is 12.0. The van der Waals surface area contributed by atoms with Gasteiger partial charge in [-0.05, 0) is 12.7 Å². The fourth-order valence-electron chi connectivity index (χ4n) is 0.644. The van der Waals surface area contributed by atoms with Crippen molar-refractivity contribution in [1.29, 1.82) is 0 Å². The van der Waals surface area contributed by atoms with Gasteiger partial charge in [-0.25, -0.2) is 0 Å². The standard InChI is InChI=1S/C7H11F3S/c1-3-6(4-5-11-2)7(8,9)10/h4H,3,5H2,1-2H3. The van der Waals surface area contributed by atoms with Gasteiger partial charge in [-0.15, -0.1) is 0 Å². The highest BCUT2D eigenvalue weighted by Crippen LogP contribution is 2.27. The van der Waals surface area contributed by atoms with E-state index in [0.29, 0.717) is 5.75 Å². The first kappa shape index (κ1) is 10.9. The first-order chi connectivity index (χ1) is 5.02. The molecule has 0 aromatic carbocycles. The lowest BCUT2D eigenvalue weighted by Crippen LogP contribution is -2.11. The van der Waals surface area contributed by atoms with Crippen LogP contribution in [0.1, 0.15) is 13.3 Å². The largest absolute Gasteiger partial charge is 0.412 e. The summed E-state index contributed by atoms with van der Waals surface area (Å²) in [7, 11) is 0. The number of hydrogen-bond acceptors (Lipinski definition) is 1. The lowest BCUT2D eigenvalue weighted by Gasteiger charge is -2.08. The fourth-order valence-corrected chi connectivity index (χ4v) is 1.01. The van der Waals surface area contributed by atoms with Gasteiger partial charge in [-0.3, -0.25) is 0 Å². The van der Waals surface area contributed by atoms with Gasteiger partial charge in [0.2, 0.25) is 0 Å². The second kappa shape index (κ2) is 4.70. The van der Waals surface area contributed by atoms with Gasteiger partial charge in [0.05, 0.1) is 0 Å². The molecule has 0 spiro atoms. The highest BCUT2D eigenvalue weighted by atomic mass is 32.2. The second-order valence-electron chi connectivity index (χ2n) is 2.04. The molecule has 0 aliphatic heterocycles. The van der Waals surface area contributed by atoms with Crippen molar-refractivity contribution in [2.75, 3.05) is 12.0 Å². The van der Waals surface area contributed by atoms with Crippen LogP contribution in [-0.2, 0) is 0 Å². The number of allylic oxidation sites excluding steroid dienone is 1. The Hall–Kier alpha value is -0.120. The van der Waals surface area contributed by atoms with Crippen LogP contribution in [0.3, 0.4) is 0 Å². The SMILES string of the molecule is CCC(=CCSC)C(F)(F)F. The smallest absolute Gasteiger partial charge is 0.166 e. The number of halogens is 3. The highest BCUT2D eigenvalue weighted by molar-refractivity contribution is 7.98. The van der Waals surface area contributed by atoms with E-state index >= 15 is 0 Å². The molecule has 0 radical (unpaired) electrons. The lowest BCUT2D eigenvalue weighted by molar-refractivity contribution is -0.0936. The van der Waals surface area contributed by atoms with E-state index in [2.05, 4.69) is 0 Å². The minimum absolute atomic E-state index is 0.0596. The number of rotatable bonds is 3. The molecule has 0 bridgehead atoms. The van der Waals surface area contributed by atoms with Gasteiger partial charge in [0.15, 0.2) is 0 Å². The van der Waals surface area contributed by atoms with E-state index in [0.717, 1.165) is 0 Å². The van der Waals surface area contributed by atoms with Crippen LogP contribution in [0.25, 0.3) is 0 Å². The molecule has 0 rings (SSSR count). The maximum atomic E-state index is 12.0. The predicted molar refractivity (Wildman–Crippen MR) is 42.8 cm³/mol. The highest BCUT2D eigenvalue weighted by Gasteiger charge is 2.31. The summed E-state index contributed by atoms with van der Waals surface area (Å²) in [5, 5.41) is 0. The summed E-state index contributed by atoms with van der Waals surface area (Å²) in [6.45, 7) is 1.51. The van der Waals surface area contributed by atoms with E-state index < -0.39 is 11.7 Å². The van der Waals surface area contributed by atoms with Crippen molar-refractivity contribution in [2.45, 2.75) is 19.5 Å². The molecule has 0 heterocycles. The van der Waals surface area contributed by atoms with E-state index in [-0.39, 0.29) is 6.42 Å². The average Bonchev–Trinajstić information content (AvgIpc) is 1.87. The summed E-state index contributed by atoms with van der Waals surface area (Å²) in [6, 6.07) is 0. The van der Waals surface area contributed by atoms with Gasteiger partial charge < -0.3 is 0 Å². The van der Waals surface area contributed by atoms with Crippen molar-refractivity contribution in [1.82, 2.24) is 0 Å². The Kier molecular flexibility index (Phi) is 4.65. The van der Waals surface area contributed by atoms with Crippen molar-refractivity contribution >= 4 is 11.8 Å². The minimum atomic E-state index is -4.13. The number of hydrogen-bond donors (Lipinski definition) is 0. The molecule has 0 aliphatic rings. The number of thioether (sulfide) groups is 1. The van der Waals surface area contributed by atoms with Crippen LogP contribution in [0.15, 0.2) is 11.6 Å². The molecule has 0 amide bonds.